The van der Waals surface area contributed by atoms with Gasteiger partial charge < -0.3 is 24.4 Å². The van der Waals surface area contributed by atoms with Gasteiger partial charge in [0.25, 0.3) is 11.7 Å². The number of amides is 1. The van der Waals surface area contributed by atoms with Crippen molar-refractivity contribution in [1.82, 2.24) is 9.80 Å². The monoisotopic (exact) mass is 570 g/mol. The Morgan fingerprint density at radius 3 is 2.12 bits per heavy atom. The van der Waals surface area contributed by atoms with Gasteiger partial charge in [0.15, 0.2) is 0 Å². The molecule has 42 heavy (non-hydrogen) atoms. The lowest BCUT2D eigenvalue weighted by molar-refractivity contribution is -0.140. The first kappa shape index (κ1) is 30.8. The molecule has 0 aromatic heterocycles. The first-order valence-electron chi connectivity index (χ1n) is 15.0. The standard InChI is InChI=1S/C35H42N2O5/c1-4-7-11-24-41-29-18-14-27(15-19-29)32-31(34(39)35(40)37(32)23-22-36(5-2)6-3)33(38)28-16-20-30(21-17-28)42-25-26-12-9-8-10-13-26/h8-10,12-21,32,38H,4-7,11,22-25H2,1-3H3. The van der Waals surface area contributed by atoms with E-state index in [4.69, 9.17) is 9.47 Å². The summed E-state index contributed by atoms with van der Waals surface area (Å²) in [5.74, 6) is -0.0989. The van der Waals surface area contributed by atoms with Gasteiger partial charge in [0.2, 0.25) is 0 Å². The number of Topliss-reactive ketones (excluding diaryl/α,β-unsaturated/α-hetero) is 1. The Morgan fingerprint density at radius 2 is 1.48 bits per heavy atom. The van der Waals surface area contributed by atoms with Crippen molar-refractivity contribution in [3.8, 4) is 11.5 Å². The molecule has 0 bridgehead atoms. The van der Waals surface area contributed by atoms with Crippen molar-refractivity contribution in [2.75, 3.05) is 32.8 Å². The molecule has 3 aromatic rings. The first-order chi connectivity index (χ1) is 20.5. The van der Waals surface area contributed by atoms with E-state index in [-0.39, 0.29) is 11.3 Å². The number of likely N-dealkylation sites (N-methyl/N-ethyl adjacent to an activating group) is 1. The topological polar surface area (TPSA) is 79.3 Å². The zero-order valence-corrected chi connectivity index (χ0v) is 24.9. The van der Waals surface area contributed by atoms with E-state index in [1.54, 1.807) is 29.2 Å². The lowest BCUT2D eigenvalue weighted by atomic mass is 9.95. The number of aliphatic hydroxyl groups excluding tert-OH is 1. The number of nitrogens with zero attached hydrogens (tertiary/aromatic N) is 2. The molecule has 1 aliphatic rings. The van der Waals surface area contributed by atoms with Crippen LogP contribution in [-0.4, -0.2) is 59.4 Å². The van der Waals surface area contributed by atoms with E-state index < -0.39 is 17.7 Å². The molecule has 0 saturated carbocycles. The molecule has 1 unspecified atom stereocenters. The molecule has 1 saturated heterocycles. The average Bonchev–Trinajstić information content (AvgIpc) is 3.28. The van der Waals surface area contributed by atoms with Crippen LogP contribution in [-0.2, 0) is 16.2 Å². The molecule has 1 aliphatic heterocycles. The van der Waals surface area contributed by atoms with E-state index in [2.05, 4.69) is 25.7 Å². The summed E-state index contributed by atoms with van der Waals surface area (Å²) in [6.45, 7) is 10.0. The van der Waals surface area contributed by atoms with E-state index in [9.17, 15) is 14.7 Å². The molecule has 3 aromatic carbocycles. The van der Waals surface area contributed by atoms with Crippen LogP contribution in [0.3, 0.4) is 0 Å². The second kappa shape index (κ2) is 15.2. The summed E-state index contributed by atoms with van der Waals surface area (Å²) in [4.78, 5) is 30.5. The van der Waals surface area contributed by atoms with Gasteiger partial charge in [-0.25, -0.2) is 0 Å². The lowest BCUT2D eigenvalue weighted by Gasteiger charge is -2.28. The Labute approximate surface area is 249 Å². The Kier molecular flexibility index (Phi) is 11.2. The van der Waals surface area contributed by atoms with Crippen LogP contribution in [0.4, 0.5) is 0 Å². The van der Waals surface area contributed by atoms with Gasteiger partial charge in [0.1, 0.15) is 23.9 Å². The molecule has 0 radical (unpaired) electrons. The van der Waals surface area contributed by atoms with Crippen LogP contribution in [0.2, 0.25) is 0 Å². The van der Waals surface area contributed by atoms with E-state index >= 15 is 0 Å². The van der Waals surface area contributed by atoms with E-state index in [1.807, 2.05) is 54.6 Å². The number of carbonyl (C=O) groups excluding carboxylic acids is 2. The van der Waals surface area contributed by atoms with Crippen LogP contribution in [0.25, 0.3) is 5.76 Å². The Balaban J connectivity index is 1.61. The van der Waals surface area contributed by atoms with Gasteiger partial charge in [0, 0.05) is 18.7 Å². The molecular formula is C35H42N2O5. The second-order valence-electron chi connectivity index (χ2n) is 10.4. The minimum Gasteiger partial charge on any atom is -0.507 e. The van der Waals surface area contributed by atoms with Gasteiger partial charge in [-0.2, -0.15) is 0 Å². The van der Waals surface area contributed by atoms with Crippen molar-refractivity contribution in [3.05, 3.63) is 101 Å². The fraction of sp³-hybridized carbons (Fsp3) is 0.371. The third kappa shape index (κ3) is 7.59. The minimum absolute atomic E-state index is 0.0918. The molecule has 1 N–H and O–H groups in total. The number of unbranched alkanes of at least 4 members (excludes halogenated alkanes) is 2. The fourth-order valence-electron chi connectivity index (χ4n) is 5.14. The average molecular weight is 571 g/mol. The summed E-state index contributed by atoms with van der Waals surface area (Å²) in [6.07, 6.45) is 3.22. The molecule has 7 heteroatoms. The highest BCUT2D eigenvalue weighted by Gasteiger charge is 2.46. The SMILES string of the molecule is CCCCCOc1ccc(C2C(=C(O)c3ccc(OCc4ccccc4)cc3)C(=O)C(=O)N2CCN(CC)CC)cc1. The first-order valence-corrected chi connectivity index (χ1v) is 15.0. The van der Waals surface area contributed by atoms with Crippen LogP contribution >= 0.6 is 0 Å². The number of benzene rings is 3. The molecule has 0 spiro atoms. The molecule has 4 rings (SSSR count). The highest BCUT2D eigenvalue weighted by molar-refractivity contribution is 6.46. The van der Waals surface area contributed by atoms with Gasteiger partial charge in [-0.3, -0.25) is 9.59 Å². The summed E-state index contributed by atoms with van der Waals surface area (Å²) < 4.78 is 11.8. The maximum absolute atomic E-state index is 13.4. The van der Waals surface area contributed by atoms with Gasteiger partial charge in [-0.1, -0.05) is 76.1 Å². The molecule has 7 nitrogen and oxygen atoms in total. The van der Waals surface area contributed by atoms with E-state index in [0.29, 0.717) is 37.6 Å². The normalized spacial score (nSPS) is 16.3. The predicted molar refractivity (Wildman–Crippen MR) is 165 cm³/mol. The molecule has 1 atom stereocenters. The fourth-order valence-corrected chi connectivity index (χ4v) is 5.14. The van der Waals surface area contributed by atoms with Gasteiger partial charge in [-0.15, -0.1) is 0 Å². The summed E-state index contributed by atoms with van der Waals surface area (Å²) in [6, 6.07) is 23.6. The Morgan fingerprint density at radius 1 is 0.833 bits per heavy atom. The van der Waals surface area contributed by atoms with Crippen molar-refractivity contribution >= 4 is 17.4 Å². The second-order valence-corrected chi connectivity index (χ2v) is 10.4. The summed E-state index contributed by atoms with van der Waals surface area (Å²) in [5, 5.41) is 11.5. The van der Waals surface area contributed by atoms with Crippen molar-refractivity contribution in [2.24, 2.45) is 0 Å². The number of ketones is 1. The number of rotatable bonds is 15. The van der Waals surface area contributed by atoms with Crippen LogP contribution in [0.1, 0.15) is 62.8 Å². The van der Waals surface area contributed by atoms with Crippen molar-refractivity contribution in [3.63, 3.8) is 0 Å². The molecule has 222 valence electrons. The zero-order chi connectivity index (χ0) is 29.9. The van der Waals surface area contributed by atoms with Crippen molar-refractivity contribution in [2.45, 2.75) is 52.7 Å². The smallest absolute Gasteiger partial charge is 0.295 e. The van der Waals surface area contributed by atoms with Crippen LogP contribution in [0.15, 0.2) is 84.4 Å². The third-order valence-electron chi connectivity index (χ3n) is 7.68. The van der Waals surface area contributed by atoms with E-state index in [1.165, 1.54) is 0 Å². The van der Waals surface area contributed by atoms with Crippen LogP contribution < -0.4 is 9.47 Å². The summed E-state index contributed by atoms with van der Waals surface area (Å²) >= 11 is 0. The summed E-state index contributed by atoms with van der Waals surface area (Å²) in [7, 11) is 0. The largest absolute Gasteiger partial charge is 0.507 e. The highest BCUT2D eigenvalue weighted by Crippen LogP contribution is 2.40. The number of hydrogen-bond acceptors (Lipinski definition) is 6. The molecule has 1 fully saturated rings. The molecule has 1 amide bonds. The number of hydrogen-bond donors (Lipinski definition) is 1. The summed E-state index contributed by atoms with van der Waals surface area (Å²) in [5.41, 5.74) is 2.34. The highest BCUT2D eigenvalue weighted by atomic mass is 16.5. The molecule has 1 heterocycles. The van der Waals surface area contributed by atoms with Crippen molar-refractivity contribution < 1.29 is 24.2 Å². The number of aliphatic hydroxyl groups is 1. The lowest BCUT2D eigenvalue weighted by Crippen LogP contribution is -2.38. The number of ether oxygens (including phenoxy) is 2. The minimum atomic E-state index is -0.705. The quantitative estimate of drug-likeness (QED) is 0.0960. The predicted octanol–water partition coefficient (Wildman–Crippen LogP) is 6.60. The third-order valence-corrected chi connectivity index (χ3v) is 7.68. The molecular weight excluding hydrogens is 528 g/mol. The van der Waals surface area contributed by atoms with Crippen LogP contribution in [0, 0.1) is 0 Å². The Hall–Kier alpha value is -4.10. The maximum atomic E-state index is 13.4. The maximum Gasteiger partial charge on any atom is 0.295 e. The van der Waals surface area contributed by atoms with E-state index in [0.717, 1.165) is 49.2 Å². The zero-order valence-electron chi connectivity index (χ0n) is 24.9. The van der Waals surface area contributed by atoms with Gasteiger partial charge >= 0.3 is 0 Å². The Bertz CT molecular complexity index is 1330. The number of likely N-dealkylation sites (tertiary alicyclic amines) is 1. The molecule has 0 aliphatic carbocycles. The van der Waals surface area contributed by atoms with Crippen molar-refractivity contribution in [1.29, 1.82) is 0 Å². The van der Waals surface area contributed by atoms with Gasteiger partial charge in [-0.05, 0) is 67.0 Å². The number of carbonyl (C=O) groups is 2. The van der Waals surface area contributed by atoms with Gasteiger partial charge in [0.05, 0.1) is 18.2 Å². The van der Waals surface area contributed by atoms with Crippen LogP contribution in [0.5, 0.6) is 11.5 Å².